The smallest absolute Gasteiger partial charge is 0.407 e. The van der Waals surface area contributed by atoms with Crippen LogP contribution in [0.25, 0.3) is 22.4 Å². The van der Waals surface area contributed by atoms with Crippen LogP contribution in [0.4, 0.5) is 15.0 Å². The van der Waals surface area contributed by atoms with E-state index in [-0.39, 0.29) is 24.0 Å². The monoisotopic (exact) mass is 474 g/mol. The van der Waals surface area contributed by atoms with Gasteiger partial charge < -0.3 is 25.1 Å². The summed E-state index contributed by atoms with van der Waals surface area (Å²) in [5.41, 5.74) is 1.33. The lowest BCUT2D eigenvalue weighted by molar-refractivity contribution is 0.0794. The summed E-state index contributed by atoms with van der Waals surface area (Å²) >= 11 is 6.08. The molecule has 33 heavy (non-hydrogen) atoms. The van der Waals surface area contributed by atoms with Gasteiger partial charge in [0.25, 0.3) is 0 Å². The van der Waals surface area contributed by atoms with Gasteiger partial charge >= 0.3 is 6.09 Å². The molecule has 3 aromatic heterocycles. The van der Waals surface area contributed by atoms with Gasteiger partial charge in [0.2, 0.25) is 0 Å². The summed E-state index contributed by atoms with van der Waals surface area (Å²) < 4.78 is 25.2. The Bertz CT molecular complexity index is 1150. The average molecular weight is 475 g/mol. The second kappa shape index (κ2) is 9.48. The minimum atomic E-state index is -0.537. The molecule has 3 N–H and O–H groups in total. The van der Waals surface area contributed by atoms with Crippen molar-refractivity contribution in [2.45, 2.75) is 50.3 Å². The van der Waals surface area contributed by atoms with Crippen molar-refractivity contribution in [3.63, 3.8) is 0 Å². The second-order valence-corrected chi connectivity index (χ2v) is 8.82. The highest BCUT2D eigenvalue weighted by Gasteiger charge is 2.27. The second-order valence-electron chi connectivity index (χ2n) is 8.38. The molecule has 1 aliphatic heterocycles. The number of carbonyl (C=O) groups is 1. The summed E-state index contributed by atoms with van der Waals surface area (Å²) in [6, 6.07) is 1.66. The largest absolute Gasteiger partial charge is 0.444 e. The number of carbonyl (C=O) groups excluding carboxylic acids is 1. The summed E-state index contributed by atoms with van der Waals surface area (Å²) in [6.45, 7) is 1.05. The number of H-pyrrole nitrogens is 1. The number of alkyl carbamates (subject to hydrolysis) is 1. The summed E-state index contributed by atoms with van der Waals surface area (Å²) in [4.78, 5) is 28.1. The third kappa shape index (κ3) is 5.01. The third-order valence-corrected chi connectivity index (χ3v) is 6.19. The Hall–Kier alpha value is -2.98. The van der Waals surface area contributed by atoms with Gasteiger partial charge in [-0.15, -0.1) is 0 Å². The first-order valence-electron chi connectivity index (χ1n) is 11.0. The van der Waals surface area contributed by atoms with Crippen molar-refractivity contribution in [3.05, 3.63) is 35.5 Å². The topological polar surface area (TPSA) is 114 Å². The zero-order valence-corrected chi connectivity index (χ0v) is 18.6. The summed E-state index contributed by atoms with van der Waals surface area (Å²) in [5, 5.41) is 7.37. The van der Waals surface area contributed by atoms with Crippen LogP contribution in [0.5, 0.6) is 0 Å². The number of aromatic amines is 1. The number of rotatable bonds is 5. The number of hydrogen-bond acceptors (Lipinski definition) is 7. The van der Waals surface area contributed by atoms with E-state index < -0.39 is 11.9 Å². The Morgan fingerprint density at radius 3 is 2.97 bits per heavy atom. The van der Waals surface area contributed by atoms with Crippen molar-refractivity contribution >= 4 is 34.5 Å². The number of nitrogens with zero attached hydrogens (tertiary/aromatic N) is 3. The highest BCUT2D eigenvalue weighted by molar-refractivity contribution is 6.31. The van der Waals surface area contributed by atoms with Crippen LogP contribution in [0.3, 0.4) is 0 Å². The molecule has 1 amide bonds. The van der Waals surface area contributed by atoms with E-state index >= 15 is 0 Å². The van der Waals surface area contributed by atoms with E-state index in [1.54, 1.807) is 18.5 Å². The fourth-order valence-corrected chi connectivity index (χ4v) is 4.52. The van der Waals surface area contributed by atoms with E-state index in [0.29, 0.717) is 41.7 Å². The maximum absolute atomic E-state index is 14.5. The van der Waals surface area contributed by atoms with Crippen molar-refractivity contribution in [2.75, 3.05) is 18.5 Å². The van der Waals surface area contributed by atoms with Crippen molar-refractivity contribution in [1.29, 1.82) is 0 Å². The first-order valence-corrected chi connectivity index (χ1v) is 11.4. The van der Waals surface area contributed by atoms with Crippen LogP contribution in [0.1, 0.15) is 32.1 Å². The molecular weight excluding hydrogens is 451 g/mol. The Balaban J connectivity index is 1.26. The summed E-state index contributed by atoms with van der Waals surface area (Å²) in [7, 11) is 0. The number of aromatic nitrogens is 4. The van der Waals surface area contributed by atoms with Gasteiger partial charge in [-0.05, 0) is 31.7 Å². The van der Waals surface area contributed by atoms with Crippen LogP contribution >= 0.6 is 11.6 Å². The quantitative estimate of drug-likeness (QED) is 0.511. The summed E-state index contributed by atoms with van der Waals surface area (Å²) in [5.74, 6) is -0.0480. The van der Waals surface area contributed by atoms with Gasteiger partial charge in [0, 0.05) is 41.8 Å². The number of halogens is 2. The molecule has 0 spiro atoms. The molecule has 3 aromatic rings. The maximum atomic E-state index is 14.5. The first-order chi connectivity index (χ1) is 16.0. The molecule has 1 unspecified atom stereocenters. The van der Waals surface area contributed by atoms with Crippen molar-refractivity contribution in [3.8, 4) is 11.4 Å². The lowest BCUT2D eigenvalue weighted by atomic mass is 9.91. The van der Waals surface area contributed by atoms with E-state index in [4.69, 9.17) is 21.1 Å². The normalized spacial score (nSPS) is 22.9. The molecule has 1 aliphatic carbocycles. The zero-order valence-electron chi connectivity index (χ0n) is 17.8. The van der Waals surface area contributed by atoms with E-state index in [1.807, 2.05) is 0 Å². The molecule has 2 aliphatic rings. The summed E-state index contributed by atoms with van der Waals surface area (Å²) in [6.07, 6.45) is 7.74. The fraction of sp³-hybridized carbons (Fsp3) is 0.455. The van der Waals surface area contributed by atoms with E-state index in [9.17, 15) is 9.18 Å². The fourth-order valence-electron chi connectivity index (χ4n) is 4.36. The van der Waals surface area contributed by atoms with Gasteiger partial charge in [0.05, 0.1) is 24.4 Å². The highest BCUT2D eigenvalue weighted by atomic mass is 35.5. The molecular formula is C22H24ClFN6O3. The van der Waals surface area contributed by atoms with E-state index in [1.165, 1.54) is 0 Å². The van der Waals surface area contributed by atoms with Crippen LogP contribution in [-0.2, 0) is 9.47 Å². The maximum Gasteiger partial charge on any atom is 0.407 e. The lowest BCUT2D eigenvalue weighted by Crippen LogP contribution is -2.43. The lowest BCUT2D eigenvalue weighted by Gasteiger charge is -2.30. The molecule has 0 aromatic carbocycles. The number of hydrogen-bond donors (Lipinski definition) is 3. The molecule has 3 atom stereocenters. The minimum Gasteiger partial charge on any atom is -0.444 e. The van der Waals surface area contributed by atoms with Crippen LogP contribution in [-0.4, -0.2) is 57.4 Å². The number of amides is 1. The number of anilines is 1. The Morgan fingerprint density at radius 2 is 2.12 bits per heavy atom. The predicted octanol–water partition coefficient (Wildman–Crippen LogP) is 4.05. The average Bonchev–Trinajstić information content (AvgIpc) is 3.45. The van der Waals surface area contributed by atoms with Gasteiger partial charge in [-0.3, -0.25) is 0 Å². The standard InChI is InChI=1S/C22H24ClFN6O3/c23-12-6-16-17(9-26-19(16)25-8-12)20-27-10-18(24)21(30-20)28-13-2-1-3-14(7-13)29-22(31)33-15-4-5-32-11-15/h6,8-10,13-15H,1-5,7,11H2,(H,25,26)(H,29,31)(H,27,28,30)/t13-,14+,15?/m0/s1. The van der Waals surface area contributed by atoms with Crippen LogP contribution in [0.15, 0.2) is 24.7 Å². The molecule has 5 rings (SSSR count). The molecule has 11 heteroatoms. The molecule has 0 bridgehead atoms. The minimum absolute atomic E-state index is 0.0461. The molecule has 1 saturated heterocycles. The Labute approximate surface area is 194 Å². The van der Waals surface area contributed by atoms with Crippen LogP contribution in [0, 0.1) is 5.82 Å². The number of ether oxygens (including phenoxy) is 2. The Morgan fingerprint density at radius 1 is 1.24 bits per heavy atom. The van der Waals surface area contributed by atoms with Gasteiger partial charge in [0.15, 0.2) is 17.5 Å². The van der Waals surface area contributed by atoms with Gasteiger partial charge in [-0.2, -0.15) is 0 Å². The van der Waals surface area contributed by atoms with E-state index in [2.05, 4.69) is 30.6 Å². The predicted molar refractivity (Wildman–Crippen MR) is 121 cm³/mol. The molecule has 9 nitrogen and oxygen atoms in total. The molecule has 174 valence electrons. The highest BCUT2D eigenvalue weighted by Crippen LogP contribution is 2.29. The van der Waals surface area contributed by atoms with Crippen LogP contribution < -0.4 is 10.6 Å². The SMILES string of the molecule is O=C(N[C@@H]1CCC[C@H](Nc2nc(-c3c[nH]c4ncc(Cl)cc34)ncc2F)C1)OC1CCOC1. The number of pyridine rings is 1. The number of nitrogens with one attached hydrogen (secondary N) is 3. The van der Waals surface area contributed by atoms with E-state index in [0.717, 1.165) is 37.3 Å². The van der Waals surface area contributed by atoms with Crippen molar-refractivity contribution in [1.82, 2.24) is 25.3 Å². The molecule has 4 heterocycles. The van der Waals surface area contributed by atoms with Gasteiger partial charge in [0.1, 0.15) is 11.8 Å². The van der Waals surface area contributed by atoms with Gasteiger partial charge in [-0.25, -0.2) is 24.1 Å². The zero-order chi connectivity index (χ0) is 22.8. The number of fused-ring (bicyclic) bond motifs is 1. The van der Waals surface area contributed by atoms with Crippen molar-refractivity contribution < 1.29 is 18.7 Å². The van der Waals surface area contributed by atoms with Crippen LogP contribution in [0.2, 0.25) is 5.02 Å². The molecule has 1 saturated carbocycles. The third-order valence-electron chi connectivity index (χ3n) is 5.98. The van der Waals surface area contributed by atoms with Crippen molar-refractivity contribution in [2.24, 2.45) is 0 Å². The van der Waals surface area contributed by atoms with Gasteiger partial charge in [-0.1, -0.05) is 11.6 Å². The molecule has 0 radical (unpaired) electrons. The first kappa shape index (κ1) is 21.8. The molecule has 2 fully saturated rings. The Kier molecular flexibility index (Phi) is 6.28.